The Labute approximate surface area is 145 Å². The highest BCUT2D eigenvalue weighted by molar-refractivity contribution is 5.79. The summed E-state index contributed by atoms with van der Waals surface area (Å²) in [5.41, 5.74) is -0.704. The third-order valence-electron chi connectivity index (χ3n) is 5.24. The van der Waals surface area contributed by atoms with Gasteiger partial charge < -0.3 is 15.3 Å². The van der Waals surface area contributed by atoms with E-state index in [0.717, 1.165) is 51.9 Å². The summed E-state index contributed by atoms with van der Waals surface area (Å²) in [5.74, 6) is 0.855. The molecule has 2 rings (SSSR count). The van der Waals surface area contributed by atoms with E-state index >= 15 is 0 Å². The highest BCUT2D eigenvalue weighted by Gasteiger charge is 2.43. The number of likely N-dealkylation sites (N-methyl/N-ethyl adjacent to an activating group) is 1. The van der Waals surface area contributed by atoms with Crippen molar-refractivity contribution in [2.45, 2.75) is 51.2 Å². The average molecular weight is 336 g/mol. The van der Waals surface area contributed by atoms with Gasteiger partial charge in [0.05, 0.1) is 18.7 Å². The molecule has 1 aliphatic heterocycles. The van der Waals surface area contributed by atoms with Crippen LogP contribution in [0.4, 0.5) is 0 Å². The second-order valence-electron chi connectivity index (χ2n) is 7.93. The molecule has 1 aliphatic carbocycles. The smallest absolute Gasteiger partial charge is 0.235 e. The van der Waals surface area contributed by atoms with Gasteiger partial charge in [-0.1, -0.05) is 0 Å². The average Bonchev–Trinajstić information content (AvgIpc) is 3.33. The summed E-state index contributed by atoms with van der Waals surface area (Å²) in [6.45, 7) is 7.70. The van der Waals surface area contributed by atoms with Crippen LogP contribution in [0.2, 0.25) is 0 Å². The molecule has 136 valence electrons. The molecule has 0 aromatic carbocycles. The van der Waals surface area contributed by atoms with Crippen LogP contribution in [0.3, 0.4) is 0 Å². The molecule has 24 heavy (non-hydrogen) atoms. The number of aliphatic hydroxyl groups is 1. The summed E-state index contributed by atoms with van der Waals surface area (Å²) in [4.78, 5) is 16.6. The lowest BCUT2D eigenvalue weighted by atomic mass is 9.96. The van der Waals surface area contributed by atoms with E-state index in [-0.39, 0.29) is 12.0 Å². The number of amides is 1. The van der Waals surface area contributed by atoms with Gasteiger partial charge in [-0.3, -0.25) is 9.69 Å². The zero-order valence-electron chi connectivity index (χ0n) is 15.3. The lowest BCUT2D eigenvalue weighted by Crippen LogP contribution is -2.50. The van der Waals surface area contributed by atoms with Crippen LogP contribution < -0.4 is 5.32 Å². The third-order valence-corrected chi connectivity index (χ3v) is 5.24. The van der Waals surface area contributed by atoms with Crippen molar-refractivity contribution < 1.29 is 9.90 Å². The van der Waals surface area contributed by atoms with E-state index in [4.69, 9.17) is 0 Å². The predicted octanol–water partition coefficient (Wildman–Crippen LogP) is 0.819. The lowest BCUT2D eigenvalue weighted by molar-refractivity contribution is -0.123. The Morgan fingerprint density at radius 2 is 2.04 bits per heavy atom. The Bertz CT molecular complexity index is 464. The quantitative estimate of drug-likeness (QED) is 0.686. The number of β-amino-alcohol motifs (C(OH)–C–C–N with tert-alkyl or cyclic N) is 1. The maximum absolute atomic E-state index is 12.2. The SMILES string of the molecule is C[C@H](O)CN1CCC(CN(C)CC(=O)N[C@](C)(C#N)C2CC2)CC1. The van der Waals surface area contributed by atoms with Gasteiger partial charge in [-0.05, 0) is 71.5 Å². The van der Waals surface area contributed by atoms with E-state index in [2.05, 4.69) is 21.2 Å². The van der Waals surface area contributed by atoms with Gasteiger partial charge in [0.25, 0.3) is 0 Å². The fourth-order valence-electron chi connectivity index (χ4n) is 3.69. The Kier molecular flexibility index (Phi) is 6.62. The second kappa shape index (κ2) is 8.28. The van der Waals surface area contributed by atoms with Crippen LogP contribution in [0.1, 0.15) is 39.5 Å². The minimum absolute atomic E-state index is 0.0556. The van der Waals surface area contributed by atoms with Crippen molar-refractivity contribution in [2.75, 3.05) is 39.8 Å². The first-order valence-electron chi connectivity index (χ1n) is 9.13. The Balaban J connectivity index is 1.69. The monoisotopic (exact) mass is 336 g/mol. The molecule has 6 heteroatoms. The number of hydrogen-bond acceptors (Lipinski definition) is 5. The van der Waals surface area contributed by atoms with Gasteiger partial charge in [-0.15, -0.1) is 0 Å². The number of nitriles is 1. The van der Waals surface area contributed by atoms with Crippen molar-refractivity contribution in [1.29, 1.82) is 5.26 Å². The number of aliphatic hydroxyl groups excluding tert-OH is 1. The normalized spacial score (nSPS) is 23.5. The van der Waals surface area contributed by atoms with Gasteiger partial charge in [0.15, 0.2) is 0 Å². The predicted molar refractivity (Wildman–Crippen MR) is 93.2 cm³/mol. The molecular formula is C18H32N4O2. The standard InChI is InChI=1S/C18H32N4O2/c1-14(23)10-22-8-6-15(7-9-22)11-21(3)12-17(24)20-18(2,13-19)16-4-5-16/h14-16,23H,4-12H2,1-3H3,(H,20,24)/t14-,18+/m0/s1. The number of carbonyl (C=O) groups excluding carboxylic acids is 1. The first-order valence-corrected chi connectivity index (χ1v) is 9.13. The van der Waals surface area contributed by atoms with Crippen LogP contribution in [0, 0.1) is 23.2 Å². The number of carbonyl (C=O) groups is 1. The summed E-state index contributed by atoms with van der Waals surface area (Å²) in [7, 11) is 1.97. The third kappa shape index (κ3) is 5.73. The van der Waals surface area contributed by atoms with Crippen molar-refractivity contribution >= 4 is 5.91 Å². The summed E-state index contributed by atoms with van der Waals surface area (Å²) < 4.78 is 0. The number of rotatable bonds is 8. The number of likely N-dealkylation sites (tertiary alicyclic amines) is 1. The van der Waals surface area contributed by atoms with Gasteiger partial charge in [-0.25, -0.2) is 0 Å². The highest BCUT2D eigenvalue weighted by atomic mass is 16.3. The molecule has 2 fully saturated rings. The molecule has 2 N–H and O–H groups in total. The van der Waals surface area contributed by atoms with Crippen molar-refractivity contribution in [3.63, 3.8) is 0 Å². The fourth-order valence-corrected chi connectivity index (χ4v) is 3.69. The molecule has 0 spiro atoms. The van der Waals surface area contributed by atoms with Crippen molar-refractivity contribution in [3.8, 4) is 6.07 Å². The largest absolute Gasteiger partial charge is 0.392 e. The highest BCUT2D eigenvalue weighted by Crippen LogP contribution is 2.39. The summed E-state index contributed by atoms with van der Waals surface area (Å²) in [6, 6.07) is 2.27. The molecule has 2 atom stereocenters. The molecule has 1 saturated heterocycles. The lowest BCUT2D eigenvalue weighted by Gasteiger charge is -2.34. The zero-order chi connectivity index (χ0) is 17.7. The fraction of sp³-hybridized carbons (Fsp3) is 0.889. The molecule has 0 aromatic heterocycles. The van der Waals surface area contributed by atoms with Crippen LogP contribution in [0.25, 0.3) is 0 Å². The number of piperidine rings is 1. The minimum Gasteiger partial charge on any atom is -0.392 e. The van der Waals surface area contributed by atoms with E-state index < -0.39 is 5.54 Å². The van der Waals surface area contributed by atoms with E-state index in [0.29, 0.717) is 18.4 Å². The van der Waals surface area contributed by atoms with E-state index in [1.165, 1.54) is 0 Å². The molecule has 2 aliphatic rings. The van der Waals surface area contributed by atoms with Gasteiger partial charge >= 0.3 is 0 Å². The summed E-state index contributed by atoms with van der Waals surface area (Å²) in [5, 5.41) is 21.7. The molecule has 0 bridgehead atoms. The molecule has 1 saturated carbocycles. The van der Waals surface area contributed by atoms with Crippen molar-refractivity contribution in [2.24, 2.45) is 11.8 Å². The van der Waals surface area contributed by atoms with Crippen molar-refractivity contribution in [1.82, 2.24) is 15.1 Å². The second-order valence-corrected chi connectivity index (χ2v) is 7.93. The first kappa shape index (κ1) is 19.2. The molecular weight excluding hydrogens is 304 g/mol. The van der Waals surface area contributed by atoms with Gasteiger partial charge in [-0.2, -0.15) is 5.26 Å². The molecule has 1 heterocycles. The molecule has 0 radical (unpaired) electrons. The van der Waals surface area contributed by atoms with Crippen LogP contribution in [0.15, 0.2) is 0 Å². The van der Waals surface area contributed by atoms with Crippen LogP contribution in [0.5, 0.6) is 0 Å². The summed E-state index contributed by atoms with van der Waals surface area (Å²) in [6.07, 6.45) is 4.01. The Hall–Kier alpha value is -1.16. The maximum Gasteiger partial charge on any atom is 0.235 e. The number of nitrogens with one attached hydrogen (secondary N) is 1. The van der Waals surface area contributed by atoms with Crippen molar-refractivity contribution in [3.05, 3.63) is 0 Å². The van der Waals surface area contributed by atoms with Gasteiger partial charge in [0.1, 0.15) is 5.54 Å². The Morgan fingerprint density at radius 3 is 2.54 bits per heavy atom. The summed E-state index contributed by atoms with van der Waals surface area (Å²) >= 11 is 0. The first-order chi connectivity index (χ1) is 11.3. The van der Waals surface area contributed by atoms with E-state index in [1.807, 2.05) is 20.9 Å². The topological polar surface area (TPSA) is 79.6 Å². The number of nitrogens with zero attached hydrogens (tertiary/aromatic N) is 3. The van der Waals surface area contributed by atoms with E-state index in [1.54, 1.807) is 0 Å². The molecule has 0 unspecified atom stereocenters. The van der Waals surface area contributed by atoms with Crippen LogP contribution in [-0.4, -0.2) is 72.2 Å². The Morgan fingerprint density at radius 1 is 1.42 bits per heavy atom. The van der Waals surface area contributed by atoms with Gasteiger partial charge in [0.2, 0.25) is 5.91 Å². The maximum atomic E-state index is 12.2. The van der Waals surface area contributed by atoms with E-state index in [9.17, 15) is 15.2 Å². The number of hydrogen-bond donors (Lipinski definition) is 2. The zero-order valence-corrected chi connectivity index (χ0v) is 15.3. The van der Waals surface area contributed by atoms with Crippen LogP contribution >= 0.6 is 0 Å². The molecule has 0 aromatic rings. The van der Waals surface area contributed by atoms with Crippen LogP contribution in [-0.2, 0) is 4.79 Å². The minimum atomic E-state index is -0.704. The molecule has 1 amide bonds. The van der Waals surface area contributed by atoms with Gasteiger partial charge in [0, 0.05) is 13.1 Å². The molecule has 6 nitrogen and oxygen atoms in total.